The van der Waals surface area contributed by atoms with Gasteiger partial charge in [0.15, 0.2) is 0 Å². The van der Waals surface area contributed by atoms with Crippen molar-refractivity contribution in [2.45, 2.75) is 57.8 Å². The van der Waals surface area contributed by atoms with Gasteiger partial charge in [-0.3, -0.25) is 13.9 Å². The third-order valence-corrected chi connectivity index (χ3v) is 8.43. The number of unbranched alkanes of at least 4 members (excludes halogenated alkanes) is 1. The van der Waals surface area contributed by atoms with E-state index in [0.717, 1.165) is 52.7 Å². The number of nitrogens with one attached hydrogen (secondary N) is 1. The maximum absolute atomic E-state index is 13.8. The molecule has 0 saturated heterocycles. The van der Waals surface area contributed by atoms with Crippen molar-refractivity contribution in [2.75, 3.05) is 23.7 Å². The standard InChI is InChI=1S/C32H37ClF3N3O4S/c1-3-4-19-37-31(41)29(21-24-10-6-5-7-11-24)38(23-25-15-17-27(33)18-16-25)30(40)14-9-20-39(44(2,42)43)28-13-8-12-26(22-28)32(34,35)36/h5-8,10-13,15-18,22,29H,3-4,9,14,19-21,23H2,1-2H3,(H,37,41). The Labute approximate surface area is 262 Å². The van der Waals surface area contributed by atoms with Crippen LogP contribution in [0.5, 0.6) is 0 Å². The van der Waals surface area contributed by atoms with Crippen LogP contribution in [0.25, 0.3) is 0 Å². The molecule has 0 fully saturated rings. The van der Waals surface area contributed by atoms with E-state index in [9.17, 15) is 31.2 Å². The smallest absolute Gasteiger partial charge is 0.354 e. The minimum atomic E-state index is -4.65. The number of alkyl halides is 3. The first-order valence-corrected chi connectivity index (χ1v) is 16.5. The number of amides is 2. The zero-order chi connectivity index (χ0) is 32.3. The third-order valence-electron chi connectivity index (χ3n) is 6.98. The summed E-state index contributed by atoms with van der Waals surface area (Å²) in [5, 5.41) is 3.45. The molecule has 0 spiro atoms. The summed E-state index contributed by atoms with van der Waals surface area (Å²) in [6.45, 7) is 2.32. The molecule has 0 aliphatic carbocycles. The van der Waals surface area contributed by atoms with Crippen LogP contribution in [0.3, 0.4) is 0 Å². The highest BCUT2D eigenvalue weighted by Crippen LogP contribution is 2.32. The number of hydrogen-bond donors (Lipinski definition) is 1. The predicted molar refractivity (Wildman–Crippen MR) is 167 cm³/mol. The Morgan fingerprint density at radius 3 is 2.23 bits per heavy atom. The first-order valence-electron chi connectivity index (χ1n) is 14.3. The van der Waals surface area contributed by atoms with Gasteiger partial charge in [-0.05, 0) is 54.3 Å². The van der Waals surface area contributed by atoms with Crippen LogP contribution in [0, 0.1) is 0 Å². The van der Waals surface area contributed by atoms with Gasteiger partial charge in [0.25, 0.3) is 0 Å². The van der Waals surface area contributed by atoms with E-state index >= 15 is 0 Å². The minimum absolute atomic E-state index is 0.00871. The number of rotatable bonds is 15. The Morgan fingerprint density at radius 2 is 1.61 bits per heavy atom. The van der Waals surface area contributed by atoms with Crippen molar-refractivity contribution in [3.63, 3.8) is 0 Å². The largest absolute Gasteiger partial charge is 0.416 e. The Kier molecular flexibility index (Phi) is 12.7. The van der Waals surface area contributed by atoms with Crippen LogP contribution >= 0.6 is 11.6 Å². The lowest BCUT2D eigenvalue weighted by molar-refractivity contribution is -0.141. The molecule has 0 radical (unpaired) electrons. The molecule has 1 atom stereocenters. The van der Waals surface area contributed by atoms with Crippen LogP contribution in [-0.2, 0) is 38.8 Å². The number of sulfonamides is 1. The SMILES string of the molecule is CCCCNC(=O)C(Cc1ccccc1)N(Cc1ccc(Cl)cc1)C(=O)CCCN(c1cccc(C(F)(F)F)c1)S(C)(=O)=O. The number of carbonyl (C=O) groups is 2. The molecule has 3 rings (SSSR count). The minimum Gasteiger partial charge on any atom is -0.354 e. The molecule has 0 bridgehead atoms. The second-order valence-electron chi connectivity index (χ2n) is 10.5. The lowest BCUT2D eigenvalue weighted by Crippen LogP contribution is -2.50. The lowest BCUT2D eigenvalue weighted by Gasteiger charge is -2.32. The van der Waals surface area contributed by atoms with Crippen LogP contribution in [0.15, 0.2) is 78.9 Å². The van der Waals surface area contributed by atoms with Crippen molar-refractivity contribution in [2.24, 2.45) is 0 Å². The number of nitrogens with zero attached hydrogens (tertiary/aromatic N) is 2. The zero-order valence-electron chi connectivity index (χ0n) is 24.7. The zero-order valence-corrected chi connectivity index (χ0v) is 26.3. The summed E-state index contributed by atoms with van der Waals surface area (Å²) in [5.41, 5.74) is 0.463. The van der Waals surface area contributed by atoms with Gasteiger partial charge in [0.2, 0.25) is 21.8 Å². The average molecular weight is 652 g/mol. The van der Waals surface area contributed by atoms with Gasteiger partial charge in [-0.15, -0.1) is 0 Å². The summed E-state index contributed by atoms with van der Waals surface area (Å²) >= 11 is 6.06. The molecule has 3 aromatic carbocycles. The van der Waals surface area contributed by atoms with Crippen molar-refractivity contribution in [1.82, 2.24) is 10.2 Å². The van der Waals surface area contributed by atoms with Crippen molar-refractivity contribution in [3.8, 4) is 0 Å². The summed E-state index contributed by atoms with van der Waals surface area (Å²) < 4.78 is 66.0. The highest BCUT2D eigenvalue weighted by atomic mass is 35.5. The first kappa shape index (κ1) is 34.9. The van der Waals surface area contributed by atoms with Gasteiger partial charge in [0, 0.05) is 37.5 Å². The molecule has 12 heteroatoms. The predicted octanol–water partition coefficient (Wildman–Crippen LogP) is 6.46. The molecule has 0 heterocycles. The molecule has 3 aromatic rings. The fraction of sp³-hybridized carbons (Fsp3) is 0.375. The summed E-state index contributed by atoms with van der Waals surface area (Å²) in [7, 11) is -3.97. The van der Waals surface area contributed by atoms with Gasteiger partial charge in [0.05, 0.1) is 17.5 Å². The van der Waals surface area contributed by atoms with E-state index in [4.69, 9.17) is 11.6 Å². The van der Waals surface area contributed by atoms with E-state index in [1.165, 1.54) is 11.0 Å². The fourth-order valence-corrected chi connectivity index (χ4v) is 5.77. The quantitative estimate of drug-likeness (QED) is 0.191. The van der Waals surface area contributed by atoms with E-state index in [2.05, 4.69) is 5.32 Å². The maximum atomic E-state index is 13.8. The normalized spacial score (nSPS) is 12.4. The third kappa shape index (κ3) is 10.6. The van der Waals surface area contributed by atoms with Crippen molar-refractivity contribution >= 4 is 39.1 Å². The van der Waals surface area contributed by atoms with Crippen LogP contribution in [0.4, 0.5) is 18.9 Å². The van der Waals surface area contributed by atoms with E-state index < -0.39 is 33.7 Å². The van der Waals surface area contributed by atoms with Crippen LogP contribution in [0.2, 0.25) is 5.02 Å². The van der Waals surface area contributed by atoms with Crippen molar-refractivity contribution in [1.29, 1.82) is 0 Å². The molecular weight excluding hydrogens is 615 g/mol. The number of carbonyl (C=O) groups excluding carboxylic acids is 2. The Balaban J connectivity index is 1.88. The molecule has 1 N–H and O–H groups in total. The summed E-state index contributed by atoms with van der Waals surface area (Å²) in [6, 6.07) is 19.4. The Morgan fingerprint density at radius 1 is 0.932 bits per heavy atom. The van der Waals surface area contributed by atoms with Gasteiger partial charge in [-0.1, -0.05) is 73.5 Å². The van der Waals surface area contributed by atoms with Crippen LogP contribution in [0.1, 0.15) is 49.3 Å². The molecule has 2 amide bonds. The first-order chi connectivity index (χ1) is 20.8. The Bertz CT molecular complexity index is 1490. The molecule has 44 heavy (non-hydrogen) atoms. The second-order valence-corrected chi connectivity index (χ2v) is 12.8. The van der Waals surface area contributed by atoms with Gasteiger partial charge in [0.1, 0.15) is 6.04 Å². The average Bonchev–Trinajstić information content (AvgIpc) is 2.97. The molecule has 238 valence electrons. The summed E-state index contributed by atoms with van der Waals surface area (Å²) in [4.78, 5) is 28.8. The van der Waals surface area contributed by atoms with E-state index in [1.807, 2.05) is 37.3 Å². The summed E-state index contributed by atoms with van der Waals surface area (Å²) in [6.07, 6.45) is -1.99. The fourth-order valence-electron chi connectivity index (χ4n) is 4.69. The number of halogens is 4. The molecule has 0 saturated carbocycles. The Hall–Kier alpha value is -3.57. The number of hydrogen-bond acceptors (Lipinski definition) is 4. The highest BCUT2D eigenvalue weighted by molar-refractivity contribution is 7.92. The molecular formula is C32H37ClF3N3O4S. The lowest BCUT2D eigenvalue weighted by atomic mass is 10.0. The topological polar surface area (TPSA) is 86.8 Å². The van der Waals surface area contributed by atoms with Crippen LogP contribution in [-0.4, -0.2) is 50.5 Å². The number of benzene rings is 3. The number of anilines is 1. The van der Waals surface area contributed by atoms with Gasteiger partial charge < -0.3 is 10.2 Å². The molecule has 1 unspecified atom stereocenters. The highest BCUT2D eigenvalue weighted by Gasteiger charge is 2.32. The molecule has 0 aromatic heterocycles. The second kappa shape index (κ2) is 15.9. The van der Waals surface area contributed by atoms with E-state index in [0.29, 0.717) is 11.6 Å². The van der Waals surface area contributed by atoms with Gasteiger partial charge in [-0.25, -0.2) is 8.42 Å². The summed E-state index contributed by atoms with van der Waals surface area (Å²) in [5.74, 6) is -0.713. The van der Waals surface area contributed by atoms with E-state index in [-0.39, 0.29) is 43.9 Å². The molecule has 7 nitrogen and oxygen atoms in total. The van der Waals surface area contributed by atoms with Crippen molar-refractivity contribution < 1.29 is 31.2 Å². The van der Waals surface area contributed by atoms with Crippen LogP contribution < -0.4 is 9.62 Å². The van der Waals surface area contributed by atoms with Gasteiger partial charge >= 0.3 is 6.18 Å². The molecule has 0 aliphatic heterocycles. The monoisotopic (exact) mass is 651 g/mol. The van der Waals surface area contributed by atoms with E-state index in [1.54, 1.807) is 24.3 Å². The molecule has 0 aliphatic rings. The maximum Gasteiger partial charge on any atom is 0.416 e. The van der Waals surface area contributed by atoms with Gasteiger partial charge in [-0.2, -0.15) is 13.2 Å². The van der Waals surface area contributed by atoms with Crippen molar-refractivity contribution in [3.05, 3.63) is 101 Å².